The van der Waals surface area contributed by atoms with Crippen LogP contribution in [-0.2, 0) is 5.41 Å². The molecule has 1 aliphatic carbocycles. The molecule has 0 atom stereocenters. The maximum atomic E-state index is 10.1. The van der Waals surface area contributed by atoms with Crippen molar-refractivity contribution in [1.82, 2.24) is 9.97 Å². The molecular weight excluding hydrogens is 707 g/mol. The standard InChI is InChI=1S/C54H33N3O/c55-34-35-25-27-51-47(29-35)54(45-23-9-7-21-43(45)44-22-8-10-24-46(44)54)48-32-41(26-28-52(48)58-51)39-18-11-17-38(30-39)40-19-12-20-42(31-40)50-33-49(36-13-3-1-4-14-36)56-53(57-50)37-15-5-2-6-16-37/h1-33H. The van der Waals surface area contributed by atoms with E-state index < -0.39 is 5.41 Å². The van der Waals surface area contributed by atoms with Crippen LogP contribution in [0.4, 0.5) is 0 Å². The molecule has 0 unspecified atom stereocenters. The van der Waals surface area contributed by atoms with Crippen molar-refractivity contribution >= 4 is 0 Å². The van der Waals surface area contributed by atoms with Crippen LogP contribution in [0.3, 0.4) is 0 Å². The van der Waals surface area contributed by atoms with Crippen LogP contribution in [-0.4, -0.2) is 9.97 Å². The third kappa shape index (κ3) is 5.29. The van der Waals surface area contributed by atoms with Crippen LogP contribution in [0.15, 0.2) is 200 Å². The topological polar surface area (TPSA) is 58.8 Å². The summed E-state index contributed by atoms with van der Waals surface area (Å²) in [4.78, 5) is 10.1. The van der Waals surface area contributed by atoms with Crippen molar-refractivity contribution in [3.63, 3.8) is 0 Å². The molecule has 0 N–H and O–H groups in total. The maximum Gasteiger partial charge on any atom is 0.160 e. The van der Waals surface area contributed by atoms with Crippen LogP contribution in [0.1, 0.15) is 27.8 Å². The average Bonchev–Trinajstić information content (AvgIpc) is 3.60. The predicted molar refractivity (Wildman–Crippen MR) is 231 cm³/mol. The third-order valence-electron chi connectivity index (χ3n) is 11.6. The number of rotatable bonds is 5. The van der Waals surface area contributed by atoms with Crippen molar-refractivity contribution in [2.75, 3.05) is 0 Å². The molecular formula is C54H33N3O. The first kappa shape index (κ1) is 33.5. The molecule has 1 spiro atoms. The molecule has 0 amide bonds. The fourth-order valence-corrected chi connectivity index (χ4v) is 8.96. The molecule has 0 radical (unpaired) electrons. The smallest absolute Gasteiger partial charge is 0.160 e. The fourth-order valence-electron chi connectivity index (χ4n) is 8.96. The van der Waals surface area contributed by atoms with Gasteiger partial charge in [0, 0.05) is 27.8 Å². The van der Waals surface area contributed by atoms with Crippen LogP contribution in [0.5, 0.6) is 11.5 Å². The second-order valence-electron chi connectivity index (χ2n) is 14.8. The van der Waals surface area contributed by atoms with Gasteiger partial charge >= 0.3 is 0 Å². The Labute approximate surface area is 337 Å². The number of benzene rings is 8. The molecule has 0 saturated carbocycles. The van der Waals surface area contributed by atoms with E-state index >= 15 is 0 Å². The molecule has 1 aliphatic heterocycles. The Morgan fingerprint density at radius 3 is 1.50 bits per heavy atom. The molecule has 8 aromatic carbocycles. The van der Waals surface area contributed by atoms with E-state index in [1.54, 1.807) is 0 Å². The summed E-state index contributed by atoms with van der Waals surface area (Å²) in [7, 11) is 0. The van der Waals surface area contributed by atoms with Gasteiger partial charge in [0.25, 0.3) is 0 Å². The van der Waals surface area contributed by atoms with Gasteiger partial charge in [0.2, 0.25) is 0 Å². The first-order valence-corrected chi connectivity index (χ1v) is 19.4. The van der Waals surface area contributed by atoms with Gasteiger partial charge in [0.05, 0.1) is 28.4 Å². The first-order chi connectivity index (χ1) is 28.7. The van der Waals surface area contributed by atoms with Crippen molar-refractivity contribution in [3.8, 4) is 84.9 Å². The normalized spacial score (nSPS) is 12.7. The van der Waals surface area contributed by atoms with Gasteiger partial charge in [-0.25, -0.2) is 9.97 Å². The van der Waals surface area contributed by atoms with Gasteiger partial charge in [-0.05, 0) is 93.0 Å². The molecule has 58 heavy (non-hydrogen) atoms. The zero-order valence-corrected chi connectivity index (χ0v) is 31.3. The van der Waals surface area contributed by atoms with Crippen molar-refractivity contribution < 1.29 is 4.74 Å². The van der Waals surface area contributed by atoms with Crippen LogP contribution in [0.2, 0.25) is 0 Å². The number of hydrogen-bond donors (Lipinski definition) is 0. The van der Waals surface area contributed by atoms with Crippen LogP contribution in [0, 0.1) is 11.3 Å². The zero-order chi connectivity index (χ0) is 38.6. The molecule has 4 nitrogen and oxygen atoms in total. The Hall–Kier alpha value is -7.87. The van der Waals surface area contributed by atoms with Gasteiger partial charge in [-0.15, -0.1) is 0 Å². The monoisotopic (exact) mass is 739 g/mol. The highest BCUT2D eigenvalue weighted by Crippen LogP contribution is 2.62. The Bertz CT molecular complexity index is 3010. The molecule has 0 fully saturated rings. The van der Waals surface area contributed by atoms with Gasteiger partial charge in [-0.2, -0.15) is 5.26 Å². The summed E-state index contributed by atoms with van der Waals surface area (Å²) in [5.41, 5.74) is 15.9. The zero-order valence-electron chi connectivity index (χ0n) is 31.3. The van der Waals surface area contributed by atoms with Crippen LogP contribution < -0.4 is 4.74 Å². The fraction of sp³-hybridized carbons (Fsp3) is 0.0185. The second-order valence-corrected chi connectivity index (χ2v) is 14.8. The summed E-state index contributed by atoms with van der Waals surface area (Å²) >= 11 is 0. The second kappa shape index (κ2) is 13.4. The van der Waals surface area contributed by atoms with E-state index in [4.69, 9.17) is 14.7 Å². The van der Waals surface area contributed by atoms with Gasteiger partial charge in [-0.3, -0.25) is 0 Å². The Morgan fingerprint density at radius 1 is 0.379 bits per heavy atom. The number of fused-ring (bicyclic) bond motifs is 9. The van der Waals surface area contributed by atoms with Crippen molar-refractivity contribution in [3.05, 3.63) is 228 Å². The van der Waals surface area contributed by atoms with E-state index in [1.807, 2.05) is 54.6 Å². The molecule has 270 valence electrons. The van der Waals surface area contributed by atoms with E-state index in [9.17, 15) is 5.26 Å². The molecule has 9 aromatic rings. The maximum absolute atomic E-state index is 10.1. The molecule has 2 heterocycles. The molecule has 1 aromatic heterocycles. The minimum atomic E-state index is -0.667. The van der Waals surface area contributed by atoms with E-state index in [1.165, 1.54) is 22.3 Å². The highest BCUT2D eigenvalue weighted by atomic mass is 16.5. The highest BCUT2D eigenvalue weighted by molar-refractivity contribution is 5.89. The lowest BCUT2D eigenvalue weighted by Gasteiger charge is -2.39. The molecule has 0 saturated heterocycles. The van der Waals surface area contributed by atoms with E-state index in [0.29, 0.717) is 11.4 Å². The predicted octanol–water partition coefficient (Wildman–Crippen LogP) is 13.2. The molecule has 11 rings (SSSR count). The summed E-state index contributed by atoms with van der Waals surface area (Å²) in [6.45, 7) is 0. The van der Waals surface area contributed by atoms with Gasteiger partial charge in [0.1, 0.15) is 11.5 Å². The Kier molecular flexibility index (Phi) is 7.74. The Balaban J connectivity index is 1.03. The van der Waals surface area contributed by atoms with Crippen molar-refractivity contribution in [1.29, 1.82) is 5.26 Å². The van der Waals surface area contributed by atoms with Crippen molar-refractivity contribution in [2.24, 2.45) is 0 Å². The summed E-state index contributed by atoms with van der Waals surface area (Å²) in [6.07, 6.45) is 0. The number of nitrogens with zero attached hydrogens (tertiary/aromatic N) is 3. The lowest BCUT2D eigenvalue weighted by atomic mass is 9.65. The first-order valence-electron chi connectivity index (χ1n) is 19.4. The van der Waals surface area contributed by atoms with Crippen LogP contribution >= 0.6 is 0 Å². The van der Waals surface area contributed by atoms with Gasteiger partial charge < -0.3 is 4.74 Å². The van der Waals surface area contributed by atoms with E-state index in [0.717, 1.165) is 73.0 Å². The highest BCUT2D eigenvalue weighted by Gasteiger charge is 2.51. The molecule has 0 bridgehead atoms. The minimum Gasteiger partial charge on any atom is -0.457 e. The summed E-state index contributed by atoms with van der Waals surface area (Å²) in [6, 6.07) is 71.9. The minimum absolute atomic E-state index is 0.604. The summed E-state index contributed by atoms with van der Waals surface area (Å²) in [5, 5.41) is 10.1. The van der Waals surface area contributed by atoms with Gasteiger partial charge in [0.15, 0.2) is 5.82 Å². The lowest BCUT2D eigenvalue weighted by molar-refractivity contribution is 0.436. The van der Waals surface area contributed by atoms with E-state index in [-0.39, 0.29) is 0 Å². The Morgan fingerprint density at radius 2 is 0.862 bits per heavy atom. The number of aromatic nitrogens is 2. The van der Waals surface area contributed by atoms with Crippen LogP contribution in [0.25, 0.3) is 67.3 Å². The number of ether oxygens (including phenoxy) is 1. The lowest BCUT2D eigenvalue weighted by Crippen LogP contribution is -2.32. The number of hydrogen-bond acceptors (Lipinski definition) is 4. The van der Waals surface area contributed by atoms with Crippen molar-refractivity contribution in [2.45, 2.75) is 5.41 Å². The van der Waals surface area contributed by atoms with E-state index in [2.05, 4.69) is 152 Å². The molecule has 4 heteroatoms. The molecule has 2 aliphatic rings. The third-order valence-corrected chi connectivity index (χ3v) is 11.6. The quantitative estimate of drug-likeness (QED) is 0.176. The van der Waals surface area contributed by atoms with Gasteiger partial charge in [-0.1, -0.05) is 152 Å². The SMILES string of the molecule is N#Cc1ccc2c(c1)C1(c3cc(-c4cccc(-c5cccc(-c6cc(-c7ccccc7)nc(-c7ccccc7)n6)c5)c4)ccc3O2)c2ccccc2-c2ccccc21. The number of nitriles is 1. The average molecular weight is 740 g/mol. The summed E-state index contributed by atoms with van der Waals surface area (Å²) < 4.78 is 6.69. The largest absolute Gasteiger partial charge is 0.457 e. The summed E-state index contributed by atoms with van der Waals surface area (Å²) in [5.74, 6) is 2.27.